The minimum absolute atomic E-state index is 0.214. The number of carbonyl (C=O) groups is 1. The molecule has 1 fully saturated rings. The first-order chi connectivity index (χ1) is 17.5. The Morgan fingerprint density at radius 3 is 2.72 bits per heavy atom. The SMILES string of the molecule is Cc1ccc(CN2C(=O)/C(=C/c3c(NCCCn4ccnc4)nc4ccccn4c3=O)SC2=S)cc1. The number of anilines is 1. The largest absolute Gasteiger partial charge is 0.369 e. The molecule has 0 bridgehead atoms. The topological polar surface area (TPSA) is 84.5 Å². The van der Waals surface area contributed by atoms with Crippen molar-refractivity contribution in [2.75, 3.05) is 11.9 Å². The lowest BCUT2D eigenvalue weighted by Gasteiger charge is -2.14. The number of fused-ring (bicyclic) bond motifs is 1. The number of amides is 1. The monoisotopic (exact) mass is 516 g/mol. The molecule has 1 N–H and O–H groups in total. The van der Waals surface area contributed by atoms with Crippen molar-refractivity contribution >= 4 is 51.7 Å². The average Bonchev–Trinajstić information content (AvgIpc) is 3.49. The van der Waals surface area contributed by atoms with Crippen molar-refractivity contribution < 1.29 is 4.79 Å². The van der Waals surface area contributed by atoms with Crippen molar-refractivity contribution in [3.8, 4) is 0 Å². The molecule has 0 aliphatic carbocycles. The number of nitrogens with zero attached hydrogens (tertiary/aromatic N) is 5. The van der Waals surface area contributed by atoms with Crippen LogP contribution >= 0.6 is 24.0 Å². The first-order valence-electron chi connectivity index (χ1n) is 11.5. The lowest BCUT2D eigenvalue weighted by Crippen LogP contribution is -2.27. The number of benzene rings is 1. The standard InChI is InChI=1S/C26H24N6O2S2/c1-18-6-8-19(9-7-18)16-32-25(34)21(36-26(32)35)15-20-23(28-10-4-12-30-14-11-27-17-30)29-22-5-2-3-13-31(22)24(20)33/h2-3,5-9,11,13-15,17,28H,4,10,12,16H2,1H3/b21-15-. The number of imidazole rings is 1. The molecule has 0 atom stereocenters. The molecule has 5 rings (SSSR count). The highest BCUT2D eigenvalue weighted by Crippen LogP contribution is 2.34. The maximum Gasteiger partial charge on any atom is 0.267 e. The highest BCUT2D eigenvalue weighted by Gasteiger charge is 2.32. The van der Waals surface area contributed by atoms with E-state index in [1.165, 1.54) is 16.2 Å². The molecule has 1 aliphatic heterocycles. The van der Waals surface area contributed by atoms with Gasteiger partial charge in [0.1, 0.15) is 15.8 Å². The predicted octanol–water partition coefficient (Wildman–Crippen LogP) is 4.10. The van der Waals surface area contributed by atoms with Crippen LogP contribution in [0.5, 0.6) is 0 Å². The minimum Gasteiger partial charge on any atom is -0.369 e. The highest BCUT2D eigenvalue weighted by molar-refractivity contribution is 8.26. The summed E-state index contributed by atoms with van der Waals surface area (Å²) >= 11 is 6.71. The number of pyridine rings is 1. The zero-order chi connectivity index (χ0) is 25.1. The van der Waals surface area contributed by atoms with Gasteiger partial charge >= 0.3 is 0 Å². The molecule has 8 nitrogen and oxygen atoms in total. The Bertz CT molecular complexity index is 1510. The zero-order valence-electron chi connectivity index (χ0n) is 19.6. The number of rotatable bonds is 8. The van der Waals surface area contributed by atoms with Gasteiger partial charge in [-0.25, -0.2) is 9.97 Å². The van der Waals surface area contributed by atoms with E-state index in [0.717, 1.165) is 24.1 Å². The van der Waals surface area contributed by atoms with Crippen LogP contribution in [0.2, 0.25) is 0 Å². The number of thiocarbonyl (C=S) groups is 1. The van der Waals surface area contributed by atoms with Crippen molar-refractivity contribution in [3.05, 3.63) is 99.3 Å². The van der Waals surface area contributed by atoms with E-state index < -0.39 is 0 Å². The van der Waals surface area contributed by atoms with Crippen LogP contribution in [-0.4, -0.2) is 40.6 Å². The van der Waals surface area contributed by atoms with E-state index in [1.807, 2.05) is 48.0 Å². The summed E-state index contributed by atoms with van der Waals surface area (Å²) in [5.41, 5.74) is 2.76. The summed E-state index contributed by atoms with van der Waals surface area (Å²) in [5, 5.41) is 3.30. The average molecular weight is 517 g/mol. The van der Waals surface area contributed by atoms with Crippen LogP contribution in [0.4, 0.5) is 5.82 Å². The molecule has 1 saturated heterocycles. The lowest BCUT2D eigenvalue weighted by molar-refractivity contribution is -0.122. The van der Waals surface area contributed by atoms with Gasteiger partial charge in [-0.1, -0.05) is 59.9 Å². The number of aromatic nitrogens is 4. The molecule has 4 aromatic rings. The molecule has 1 aromatic carbocycles. The maximum absolute atomic E-state index is 13.4. The van der Waals surface area contributed by atoms with Gasteiger partial charge < -0.3 is 9.88 Å². The molecule has 36 heavy (non-hydrogen) atoms. The Kier molecular flexibility index (Phi) is 6.97. The molecule has 4 heterocycles. The van der Waals surface area contributed by atoms with Crippen molar-refractivity contribution in [1.29, 1.82) is 0 Å². The smallest absolute Gasteiger partial charge is 0.267 e. The number of carbonyl (C=O) groups excluding carboxylic acids is 1. The van der Waals surface area contributed by atoms with Gasteiger partial charge in [-0.05, 0) is 37.1 Å². The third kappa shape index (κ3) is 5.09. The zero-order valence-corrected chi connectivity index (χ0v) is 21.3. The molecule has 0 spiro atoms. The van der Waals surface area contributed by atoms with Gasteiger partial charge in [-0.3, -0.25) is 18.9 Å². The molecule has 0 radical (unpaired) electrons. The first kappa shape index (κ1) is 24.0. The number of thioether (sulfide) groups is 1. The number of hydrogen-bond acceptors (Lipinski definition) is 7. The Hall–Kier alpha value is -3.76. The van der Waals surface area contributed by atoms with Gasteiger partial charge in [0, 0.05) is 31.7 Å². The molecule has 0 unspecified atom stereocenters. The molecule has 182 valence electrons. The Morgan fingerprint density at radius 2 is 1.94 bits per heavy atom. The van der Waals surface area contributed by atoms with Crippen molar-refractivity contribution in [3.63, 3.8) is 0 Å². The summed E-state index contributed by atoms with van der Waals surface area (Å²) in [7, 11) is 0. The number of hydrogen-bond donors (Lipinski definition) is 1. The third-order valence-electron chi connectivity index (χ3n) is 5.82. The van der Waals surface area contributed by atoms with Crippen LogP contribution in [-0.2, 0) is 17.9 Å². The van der Waals surface area contributed by atoms with Crippen molar-refractivity contribution in [2.45, 2.75) is 26.4 Å². The van der Waals surface area contributed by atoms with Crippen molar-refractivity contribution in [2.24, 2.45) is 0 Å². The second kappa shape index (κ2) is 10.5. The van der Waals surface area contributed by atoms with Crippen LogP contribution in [0.1, 0.15) is 23.1 Å². The van der Waals surface area contributed by atoms with Crippen LogP contribution in [0.3, 0.4) is 0 Å². The highest BCUT2D eigenvalue weighted by atomic mass is 32.2. The number of nitrogens with one attached hydrogen (secondary N) is 1. The molecule has 1 amide bonds. The van der Waals surface area contributed by atoms with Gasteiger partial charge in [0.2, 0.25) is 0 Å². The molecule has 3 aromatic heterocycles. The second-order valence-electron chi connectivity index (χ2n) is 8.44. The van der Waals surface area contributed by atoms with Gasteiger partial charge in [0.25, 0.3) is 11.5 Å². The summed E-state index contributed by atoms with van der Waals surface area (Å²) < 4.78 is 3.94. The van der Waals surface area contributed by atoms with E-state index in [9.17, 15) is 9.59 Å². The van der Waals surface area contributed by atoms with E-state index in [4.69, 9.17) is 12.2 Å². The van der Waals surface area contributed by atoms with Gasteiger partial charge in [-0.2, -0.15) is 0 Å². The molecule has 10 heteroatoms. The summed E-state index contributed by atoms with van der Waals surface area (Å²) in [6.07, 6.45) is 9.51. The van der Waals surface area contributed by atoms with E-state index in [0.29, 0.717) is 39.3 Å². The Labute approximate surface area is 217 Å². The summed E-state index contributed by atoms with van der Waals surface area (Å²) in [6.45, 7) is 3.79. The summed E-state index contributed by atoms with van der Waals surface area (Å²) in [4.78, 5) is 37.4. The van der Waals surface area contributed by atoms with Gasteiger partial charge in [-0.15, -0.1) is 0 Å². The number of aryl methyl sites for hydroxylation is 2. The Balaban J connectivity index is 1.42. The van der Waals surface area contributed by atoms with E-state index in [2.05, 4.69) is 15.3 Å². The molecular weight excluding hydrogens is 492 g/mol. The van der Waals surface area contributed by atoms with Gasteiger partial charge in [0.05, 0.1) is 23.3 Å². The van der Waals surface area contributed by atoms with Crippen molar-refractivity contribution in [1.82, 2.24) is 23.8 Å². The molecule has 1 aliphatic rings. The van der Waals surface area contributed by atoms with Crippen LogP contribution in [0, 0.1) is 6.92 Å². The fourth-order valence-corrected chi connectivity index (χ4v) is 5.14. The van der Waals surface area contributed by atoms with E-state index in [1.54, 1.807) is 41.8 Å². The van der Waals surface area contributed by atoms with Gasteiger partial charge in [0.15, 0.2) is 0 Å². The Morgan fingerprint density at radius 1 is 1.11 bits per heavy atom. The third-order valence-corrected chi connectivity index (χ3v) is 7.20. The summed E-state index contributed by atoms with van der Waals surface area (Å²) in [5.74, 6) is 0.231. The molecule has 0 saturated carbocycles. The lowest BCUT2D eigenvalue weighted by atomic mass is 10.1. The van der Waals surface area contributed by atoms with Crippen LogP contribution in [0.15, 0.2) is 77.1 Å². The minimum atomic E-state index is -0.249. The second-order valence-corrected chi connectivity index (χ2v) is 10.1. The normalized spacial score (nSPS) is 14.8. The molecular formula is C26H24N6O2S2. The quantitative estimate of drug-likeness (QED) is 0.214. The van der Waals surface area contributed by atoms with Crippen LogP contribution < -0.4 is 10.9 Å². The predicted molar refractivity (Wildman–Crippen MR) is 147 cm³/mol. The first-order valence-corrected chi connectivity index (χ1v) is 12.7. The van der Waals surface area contributed by atoms with E-state index >= 15 is 0 Å². The fourth-order valence-electron chi connectivity index (χ4n) is 3.90. The van der Waals surface area contributed by atoms with E-state index in [-0.39, 0.29) is 11.5 Å². The fraction of sp³-hybridized carbons (Fsp3) is 0.192. The maximum atomic E-state index is 13.4. The summed E-state index contributed by atoms with van der Waals surface area (Å²) in [6, 6.07) is 13.4. The van der Waals surface area contributed by atoms with Crippen LogP contribution in [0.25, 0.3) is 11.7 Å².